The maximum absolute atomic E-state index is 11.0. The topological polar surface area (TPSA) is 71.7 Å². The first-order valence-corrected chi connectivity index (χ1v) is 7.98. The van der Waals surface area contributed by atoms with Crippen LogP contribution in [0.5, 0.6) is 5.75 Å². The summed E-state index contributed by atoms with van der Waals surface area (Å²) in [5.74, 6) is -0.139. The summed E-state index contributed by atoms with van der Waals surface area (Å²) in [5.41, 5.74) is 1.76. The number of ether oxygens (including phenoxy) is 1. The van der Waals surface area contributed by atoms with Crippen molar-refractivity contribution < 1.29 is 19.1 Å². The number of hydrogen-bond donors (Lipinski definition) is 2. The van der Waals surface area contributed by atoms with Gasteiger partial charge in [-0.1, -0.05) is 12.1 Å². The van der Waals surface area contributed by atoms with Crippen molar-refractivity contribution in [3.05, 3.63) is 53.5 Å². The molecule has 1 aliphatic carbocycles. The number of nitrogens with one attached hydrogen (secondary N) is 1. The minimum atomic E-state index is -1.04. The van der Waals surface area contributed by atoms with Gasteiger partial charge in [-0.3, -0.25) is 0 Å². The van der Waals surface area contributed by atoms with Crippen molar-refractivity contribution in [1.82, 2.24) is 5.32 Å². The zero-order chi connectivity index (χ0) is 16.1. The van der Waals surface area contributed by atoms with Crippen molar-refractivity contribution in [2.75, 3.05) is 0 Å². The van der Waals surface area contributed by atoms with Crippen LogP contribution in [0.4, 0.5) is 0 Å². The van der Waals surface area contributed by atoms with Gasteiger partial charge in [0.15, 0.2) is 0 Å². The third-order valence-electron chi connectivity index (χ3n) is 4.09. The molecule has 2 N–H and O–H groups in total. The van der Waals surface area contributed by atoms with Crippen LogP contribution in [0.15, 0.2) is 41.0 Å². The Hall–Kier alpha value is -2.27. The average Bonchev–Trinajstić information content (AvgIpc) is 3.19. The van der Waals surface area contributed by atoms with E-state index >= 15 is 0 Å². The number of carbonyl (C=O) groups is 1. The standard InChI is InChI=1S/C18H21NO4/c20-18(21)17-14(8-9-22-17)12-19-11-13-4-3-7-16(10-13)23-15-5-1-2-6-15/h3-4,7-10,15,19H,1-2,5-6,11-12H2,(H,20,21). The van der Waals surface area contributed by atoms with Crippen molar-refractivity contribution >= 4 is 5.97 Å². The Balaban J connectivity index is 1.53. The van der Waals surface area contributed by atoms with Gasteiger partial charge in [-0.05, 0) is 49.4 Å². The molecule has 0 aliphatic heterocycles. The lowest BCUT2D eigenvalue weighted by Gasteiger charge is -2.14. The van der Waals surface area contributed by atoms with E-state index in [1.165, 1.54) is 19.1 Å². The Kier molecular flexibility index (Phi) is 4.98. The fourth-order valence-corrected chi connectivity index (χ4v) is 2.93. The second-order valence-corrected chi connectivity index (χ2v) is 5.86. The van der Waals surface area contributed by atoms with Gasteiger partial charge in [0.25, 0.3) is 0 Å². The van der Waals surface area contributed by atoms with Crippen LogP contribution in [0.25, 0.3) is 0 Å². The van der Waals surface area contributed by atoms with Gasteiger partial charge < -0.3 is 19.6 Å². The van der Waals surface area contributed by atoms with Gasteiger partial charge in [-0.25, -0.2) is 4.79 Å². The van der Waals surface area contributed by atoms with Gasteiger partial charge in [-0.2, -0.15) is 0 Å². The number of aromatic carboxylic acids is 1. The molecule has 0 unspecified atom stereocenters. The number of furan rings is 1. The van der Waals surface area contributed by atoms with Crippen LogP contribution in [0.1, 0.15) is 47.4 Å². The van der Waals surface area contributed by atoms with E-state index in [0.717, 1.165) is 24.2 Å². The molecule has 1 saturated carbocycles. The van der Waals surface area contributed by atoms with Crippen molar-refractivity contribution in [3.63, 3.8) is 0 Å². The predicted octanol–water partition coefficient (Wildman–Crippen LogP) is 3.59. The summed E-state index contributed by atoms with van der Waals surface area (Å²) in [7, 11) is 0. The molecule has 0 saturated heterocycles. The highest BCUT2D eigenvalue weighted by Crippen LogP contribution is 2.24. The zero-order valence-electron chi connectivity index (χ0n) is 13.0. The second kappa shape index (κ2) is 7.33. The van der Waals surface area contributed by atoms with E-state index in [4.69, 9.17) is 14.3 Å². The summed E-state index contributed by atoms with van der Waals surface area (Å²) in [6.45, 7) is 1.10. The molecular formula is C18H21NO4. The molecule has 1 fully saturated rings. The van der Waals surface area contributed by atoms with Crippen molar-refractivity contribution in [1.29, 1.82) is 0 Å². The van der Waals surface area contributed by atoms with E-state index in [-0.39, 0.29) is 5.76 Å². The zero-order valence-corrected chi connectivity index (χ0v) is 13.0. The van der Waals surface area contributed by atoms with Gasteiger partial charge in [0.1, 0.15) is 5.75 Å². The molecule has 5 nitrogen and oxygen atoms in total. The molecule has 0 bridgehead atoms. The van der Waals surface area contributed by atoms with Crippen LogP contribution in [0.2, 0.25) is 0 Å². The highest BCUT2D eigenvalue weighted by atomic mass is 16.5. The van der Waals surface area contributed by atoms with Crippen molar-refractivity contribution in [2.24, 2.45) is 0 Å². The fraction of sp³-hybridized carbons (Fsp3) is 0.389. The van der Waals surface area contributed by atoms with Crippen LogP contribution in [-0.4, -0.2) is 17.2 Å². The summed E-state index contributed by atoms with van der Waals surface area (Å²) in [6.07, 6.45) is 6.53. The lowest BCUT2D eigenvalue weighted by atomic mass is 10.2. The Morgan fingerprint density at radius 2 is 2.09 bits per heavy atom. The lowest BCUT2D eigenvalue weighted by molar-refractivity contribution is 0.0660. The molecule has 5 heteroatoms. The van der Waals surface area contributed by atoms with Crippen molar-refractivity contribution in [3.8, 4) is 5.75 Å². The molecule has 1 aromatic heterocycles. The Morgan fingerprint density at radius 3 is 2.87 bits per heavy atom. The molecule has 122 valence electrons. The number of hydrogen-bond acceptors (Lipinski definition) is 4. The highest BCUT2D eigenvalue weighted by Gasteiger charge is 2.16. The Labute approximate surface area is 135 Å². The smallest absolute Gasteiger partial charge is 0.372 e. The first kappa shape index (κ1) is 15.6. The monoisotopic (exact) mass is 315 g/mol. The Morgan fingerprint density at radius 1 is 1.26 bits per heavy atom. The molecule has 3 rings (SSSR count). The van der Waals surface area contributed by atoms with Crippen LogP contribution >= 0.6 is 0 Å². The molecule has 2 aromatic rings. The largest absolute Gasteiger partial charge is 0.490 e. The van der Waals surface area contributed by atoms with Crippen LogP contribution in [0, 0.1) is 0 Å². The minimum Gasteiger partial charge on any atom is -0.490 e. The van der Waals surface area contributed by atoms with Crippen LogP contribution in [0.3, 0.4) is 0 Å². The fourth-order valence-electron chi connectivity index (χ4n) is 2.93. The van der Waals surface area contributed by atoms with Gasteiger partial charge in [0, 0.05) is 18.7 Å². The quantitative estimate of drug-likeness (QED) is 0.817. The minimum absolute atomic E-state index is 0.00387. The molecule has 23 heavy (non-hydrogen) atoms. The predicted molar refractivity (Wildman–Crippen MR) is 85.5 cm³/mol. The third-order valence-corrected chi connectivity index (χ3v) is 4.09. The van der Waals surface area contributed by atoms with Gasteiger partial charge in [0.2, 0.25) is 5.76 Å². The molecule has 0 amide bonds. The van der Waals surface area contributed by atoms with E-state index in [1.807, 2.05) is 24.3 Å². The normalized spacial score (nSPS) is 15.0. The van der Waals surface area contributed by atoms with Crippen LogP contribution < -0.4 is 10.1 Å². The summed E-state index contributed by atoms with van der Waals surface area (Å²) in [4.78, 5) is 11.0. The highest BCUT2D eigenvalue weighted by molar-refractivity contribution is 5.86. The molecular weight excluding hydrogens is 294 g/mol. The van der Waals surface area contributed by atoms with Crippen molar-refractivity contribution in [2.45, 2.75) is 44.9 Å². The summed E-state index contributed by atoms with van der Waals surface area (Å²) in [6, 6.07) is 9.72. The average molecular weight is 315 g/mol. The summed E-state index contributed by atoms with van der Waals surface area (Å²) >= 11 is 0. The van der Waals surface area contributed by atoms with E-state index in [1.54, 1.807) is 6.07 Å². The first-order chi connectivity index (χ1) is 11.2. The van der Waals surface area contributed by atoms with Crippen LogP contribution in [-0.2, 0) is 13.1 Å². The van der Waals surface area contributed by atoms with E-state index < -0.39 is 5.97 Å². The lowest BCUT2D eigenvalue weighted by Crippen LogP contribution is -2.15. The summed E-state index contributed by atoms with van der Waals surface area (Å²) in [5, 5.41) is 12.2. The molecule has 0 atom stereocenters. The number of rotatable bonds is 7. The second-order valence-electron chi connectivity index (χ2n) is 5.86. The first-order valence-electron chi connectivity index (χ1n) is 7.98. The van der Waals surface area contributed by atoms with Gasteiger partial charge >= 0.3 is 5.97 Å². The molecule has 0 radical (unpaired) electrons. The van der Waals surface area contributed by atoms with E-state index in [9.17, 15) is 4.79 Å². The molecule has 1 aliphatic rings. The van der Waals surface area contributed by atoms with Gasteiger partial charge in [-0.15, -0.1) is 0 Å². The molecule has 0 spiro atoms. The number of carboxylic acid groups (broad SMARTS) is 1. The van der Waals surface area contributed by atoms with E-state index in [0.29, 0.717) is 24.8 Å². The summed E-state index contributed by atoms with van der Waals surface area (Å²) < 4.78 is 11.0. The van der Waals surface area contributed by atoms with E-state index in [2.05, 4.69) is 5.32 Å². The number of carboxylic acids is 1. The van der Waals surface area contributed by atoms with Gasteiger partial charge in [0.05, 0.1) is 12.4 Å². The maximum atomic E-state index is 11.0. The number of benzene rings is 1. The third kappa shape index (κ3) is 4.13. The maximum Gasteiger partial charge on any atom is 0.372 e. The Bertz CT molecular complexity index is 659. The molecule has 1 aromatic carbocycles. The molecule has 1 heterocycles. The SMILES string of the molecule is O=C(O)c1occc1CNCc1cccc(OC2CCCC2)c1.